The fourth-order valence-corrected chi connectivity index (χ4v) is 1.90. The summed E-state index contributed by atoms with van der Waals surface area (Å²) >= 11 is 0. The summed E-state index contributed by atoms with van der Waals surface area (Å²) in [5.74, 6) is 3.11. The molecule has 2 aromatic rings. The van der Waals surface area contributed by atoms with E-state index in [2.05, 4.69) is 16.9 Å². The Morgan fingerprint density at radius 3 is 2.62 bits per heavy atom. The first-order chi connectivity index (χ1) is 10.1. The minimum absolute atomic E-state index is 0.462. The van der Waals surface area contributed by atoms with E-state index in [1.807, 2.05) is 38.1 Å². The van der Waals surface area contributed by atoms with Crippen LogP contribution in [-0.4, -0.2) is 16.6 Å². The van der Waals surface area contributed by atoms with Crippen LogP contribution in [-0.2, 0) is 6.42 Å². The molecule has 0 aliphatic heterocycles. The molecule has 0 fully saturated rings. The summed E-state index contributed by atoms with van der Waals surface area (Å²) in [4.78, 5) is 8.71. The smallest absolute Gasteiger partial charge is 0.227 e. The molecular weight excluding hydrogens is 266 g/mol. The normalized spacial score (nSPS) is 10.4. The minimum Gasteiger partial charge on any atom is -0.494 e. The van der Waals surface area contributed by atoms with Gasteiger partial charge in [-0.05, 0) is 32.4 Å². The van der Waals surface area contributed by atoms with Crippen molar-refractivity contribution >= 4 is 5.82 Å². The van der Waals surface area contributed by atoms with Gasteiger partial charge in [-0.25, -0.2) is 4.98 Å². The first kappa shape index (κ1) is 15.1. The molecule has 2 N–H and O–H groups in total. The number of aromatic nitrogens is 2. The van der Waals surface area contributed by atoms with E-state index in [4.69, 9.17) is 15.2 Å². The summed E-state index contributed by atoms with van der Waals surface area (Å²) in [5, 5.41) is 0. The average Bonchev–Trinajstić information content (AvgIpc) is 2.45. The number of rotatable bonds is 6. The Labute approximate surface area is 125 Å². The first-order valence-corrected chi connectivity index (χ1v) is 7.17. The van der Waals surface area contributed by atoms with Crippen LogP contribution in [0.15, 0.2) is 24.3 Å². The van der Waals surface area contributed by atoms with Gasteiger partial charge in [0, 0.05) is 12.5 Å². The second-order valence-electron chi connectivity index (χ2n) is 4.72. The number of hydrogen-bond donors (Lipinski definition) is 1. The summed E-state index contributed by atoms with van der Waals surface area (Å²) < 4.78 is 11.3. The van der Waals surface area contributed by atoms with Crippen molar-refractivity contribution in [2.75, 3.05) is 12.3 Å². The van der Waals surface area contributed by atoms with Gasteiger partial charge in [-0.1, -0.05) is 13.0 Å². The molecule has 112 valence electrons. The van der Waals surface area contributed by atoms with E-state index in [1.54, 1.807) is 0 Å². The average molecular weight is 287 g/mol. The maximum atomic E-state index is 5.93. The number of nitrogens with zero attached hydrogens (tertiary/aromatic N) is 2. The van der Waals surface area contributed by atoms with Crippen molar-refractivity contribution in [3.63, 3.8) is 0 Å². The molecule has 1 aromatic heterocycles. The van der Waals surface area contributed by atoms with Crippen molar-refractivity contribution < 1.29 is 9.47 Å². The lowest BCUT2D eigenvalue weighted by Crippen LogP contribution is -2.05. The van der Waals surface area contributed by atoms with Crippen LogP contribution in [0.1, 0.15) is 31.7 Å². The highest BCUT2D eigenvalue weighted by Gasteiger charge is 2.11. The molecule has 0 unspecified atom stereocenters. The Kier molecular flexibility index (Phi) is 4.98. The van der Waals surface area contributed by atoms with Crippen molar-refractivity contribution in [1.29, 1.82) is 0 Å². The lowest BCUT2D eigenvalue weighted by Gasteiger charge is -2.11. The van der Waals surface area contributed by atoms with E-state index in [0.717, 1.165) is 24.2 Å². The van der Waals surface area contributed by atoms with Gasteiger partial charge in [0.15, 0.2) is 0 Å². The van der Waals surface area contributed by atoms with Gasteiger partial charge in [0.05, 0.1) is 12.2 Å². The minimum atomic E-state index is 0.462. The third kappa shape index (κ3) is 3.84. The molecule has 5 heteroatoms. The molecule has 0 saturated heterocycles. The summed E-state index contributed by atoms with van der Waals surface area (Å²) in [6.45, 7) is 6.49. The predicted molar refractivity (Wildman–Crippen MR) is 82.9 cm³/mol. The number of hydrogen-bond acceptors (Lipinski definition) is 5. The quantitative estimate of drug-likeness (QED) is 0.880. The highest BCUT2D eigenvalue weighted by Crippen LogP contribution is 2.28. The van der Waals surface area contributed by atoms with Crippen LogP contribution >= 0.6 is 0 Å². The summed E-state index contributed by atoms with van der Waals surface area (Å²) in [6.07, 6.45) is 1.74. The molecule has 0 aliphatic carbocycles. The standard InChI is InChI=1S/C16H21N3O2/c1-4-7-14-18-15(17)11(3)16(19-14)21-13-9-6-8-12(10-13)20-5-2/h6,8-10H,4-5,7H2,1-3H3,(H2,17,18,19). The molecular formula is C16H21N3O2. The van der Waals surface area contributed by atoms with Crippen LogP contribution in [0.3, 0.4) is 0 Å². The third-order valence-corrected chi connectivity index (χ3v) is 2.99. The zero-order chi connectivity index (χ0) is 15.2. The lowest BCUT2D eigenvalue weighted by molar-refractivity contribution is 0.338. The maximum Gasteiger partial charge on any atom is 0.227 e. The fraction of sp³-hybridized carbons (Fsp3) is 0.375. The zero-order valence-corrected chi connectivity index (χ0v) is 12.7. The third-order valence-electron chi connectivity index (χ3n) is 2.99. The monoisotopic (exact) mass is 287 g/mol. The maximum absolute atomic E-state index is 5.93. The van der Waals surface area contributed by atoms with E-state index in [-0.39, 0.29) is 0 Å². The van der Waals surface area contributed by atoms with Crippen molar-refractivity contribution in [3.05, 3.63) is 35.7 Å². The molecule has 0 amide bonds. The van der Waals surface area contributed by atoms with Gasteiger partial charge >= 0.3 is 0 Å². The number of nitrogens with two attached hydrogens (primary N) is 1. The molecule has 0 spiro atoms. The van der Waals surface area contributed by atoms with Crippen molar-refractivity contribution in [1.82, 2.24) is 9.97 Å². The Morgan fingerprint density at radius 1 is 1.14 bits per heavy atom. The number of nitrogen functional groups attached to an aromatic ring is 1. The van der Waals surface area contributed by atoms with Gasteiger partial charge in [0.2, 0.25) is 5.88 Å². The van der Waals surface area contributed by atoms with Crippen LogP contribution in [0.4, 0.5) is 5.82 Å². The second kappa shape index (κ2) is 6.92. The molecule has 1 heterocycles. The molecule has 0 saturated carbocycles. The number of aryl methyl sites for hydroxylation is 1. The largest absolute Gasteiger partial charge is 0.494 e. The molecule has 21 heavy (non-hydrogen) atoms. The number of ether oxygens (including phenoxy) is 2. The van der Waals surface area contributed by atoms with Crippen LogP contribution in [0.5, 0.6) is 17.4 Å². The molecule has 0 bridgehead atoms. The fourth-order valence-electron chi connectivity index (χ4n) is 1.90. The topological polar surface area (TPSA) is 70.3 Å². The Bertz CT molecular complexity index is 614. The van der Waals surface area contributed by atoms with Crippen LogP contribution in [0.2, 0.25) is 0 Å². The Morgan fingerprint density at radius 2 is 1.90 bits per heavy atom. The Balaban J connectivity index is 2.27. The predicted octanol–water partition coefficient (Wildman–Crippen LogP) is 3.51. The van der Waals surface area contributed by atoms with Crippen LogP contribution < -0.4 is 15.2 Å². The summed E-state index contributed by atoms with van der Waals surface area (Å²) in [5.41, 5.74) is 6.67. The summed E-state index contributed by atoms with van der Waals surface area (Å²) in [7, 11) is 0. The van der Waals surface area contributed by atoms with E-state index >= 15 is 0 Å². The summed E-state index contributed by atoms with van der Waals surface area (Å²) in [6, 6.07) is 7.47. The highest BCUT2D eigenvalue weighted by molar-refractivity contribution is 5.46. The first-order valence-electron chi connectivity index (χ1n) is 7.17. The highest BCUT2D eigenvalue weighted by atomic mass is 16.5. The molecule has 5 nitrogen and oxygen atoms in total. The van der Waals surface area contributed by atoms with Gasteiger partial charge in [-0.2, -0.15) is 4.98 Å². The van der Waals surface area contributed by atoms with Gasteiger partial charge < -0.3 is 15.2 Å². The zero-order valence-electron chi connectivity index (χ0n) is 12.7. The SMILES string of the molecule is CCCc1nc(N)c(C)c(Oc2cccc(OCC)c2)n1. The van der Waals surface area contributed by atoms with E-state index in [9.17, 15) is 0 Å². The number of benzene rings is 1. The van der Waals surface area contributed by atoms with E-state index in [1.165, 1.54) is 0 Å². The van der Waals surface area contributed by atoms with Gasteiger partial charge in [0.1, 0.15) is 23.1 Å². The molecule has 0 radical (unpaired) electrons. The van der Waals surface area contributed by atoms with Crippen molar-refractivity contribution in [2.45, 2.75) is 33.6 Å². The molecule has 0 aliphatic rings. The van der Waals surface area contributed by atoms with Gasteiger partial charge in [-0.3, -0.25) is 0 Å². The van der Waals surface area contributed by atoms with Crippen molar-refractivity contribution in [2.24, 2.45) is 0 Å². The second-order valence-corrected chi connectivity index (χ2v) is 4.72. The molecule has 0 atom stereocenters. The van der Waals surface area contributed by atoms with E-state index < -0.39 is 0 Å². The van der Waals surface area contributed by atoms with Crippen LogP contribution in [0, 0.1) is 6.92 Å². The van der Waals surface area contributed by atoms with E-state index in [0.29, 0.717) is 29.9 Å². The van der Waals surface area contributed by atoms with Crippen LogP contribution in [0.25, 0.3) is 0 Å². The van der Waals surface area contributed by atoms with Crippen molar-refractivity contribution in [3.8, 4) is 17.4 Å². The van der Waals surface area contributed by atoms with Gasteiger partial charge in [0.25, 0.3) is 0 Å². The Hall–Kier alpha value is -2.30. The van der Waals surface area contributed by atoms with Gasteiger partial charge in [-0.15, -0.1) is 0 Å². The molecule has 1 aromatic carbocycles. The molecule has 2 rings (SSSR count). The lowest BCUT2D eigenvalue weighted by atomic mass is 10.3. The number of anilines is 1.